The molecule has 1 aliphatic carbocycles. The molecule has 5 nitrogen and oxygen atoms in total. The zero-order chi connectivity index (χ0) is 16.5. The third kappa shape index (κ3) is 1.92. The summed E-state index contributed by atoms with van der Waals surface area (Å²) < 4.78 is 23.9. The van der Waals surface area contributed by atoms with Gasteiger partial charge in [0.05, 0.1) is 12.2 Å². The van der Waals surface area contributed by atoms with Crippen LogP contribution in [0.2, 0.25) is 0 Å². The number of likely N-dealkylation sites (N-methyl/N-ethyl adjacent to an activating group) is 1. The summed E-state index contributed by atoms with van der Waals surface area (Å²) in [7, 11) is 2.24. The Kier molecular flexibility index (Phi) is 3.04. The lowest BCUT2D eigenvalue weighted by Gasteiger charge is -2.47. The Balaban J connectivity index is 1.63. The maximum absolute atomic E-state index is 6.47. The number of nitrogens with zero attached hydrogens (tertiary/aromatic N) is 1. The van der Waals surface area contributed by atoms with Gasteiger partial charge in [0.15, 0.2) is 17.3 Å². The molecule has 0 N–H and O–H groups in total. The van der Waals surface area contributed by atoms with Crippen LogP contribution in [0.1, 0.15) is 38.7 Å². The minimum Gasteiger partial charge on any atom is -0.454 e. The molecule has 130 valence electrons. The van der Waals surface area contributed by atoms with E-state index in [0.717, 1.165) is 37.3 Å². The Morgan fingerprint density at radius 2 is 1.92 bits per heavy atom. The Bertz CT molecular complexity index is 675. The van der Waals surface area contributed by atoms with Crippen LogP contribution >= 0.6 is 0 Å². The smallest absolute Gasteiger partial charge is 0.231 e. The van der Waals surface area contributed by atoms with E-state index in [1.54, 1.807) is 0 Å². The van der Waals surface area contributed by atoms with E-state index in [4.69, 9.17) is 18.9 Å². The maximum atomic E-state index is 6.47. The highest BCUT2D eigenvalue weighted by Gasteiger charge is 2.62. The van der Waals surface area contributed by atoms with E-state index < -0.39 is 5.79 Å². The monoisotopic (exact) mass is 331 g/mol. The van der Waals surface area contributed by atoms with E-state index in [1.807, 2.05) is 19.9 Å². The van der Waals surface area contributed by atoms with Gasteiger partial charge in [-0.1, -0.05) is 6.07 Å². The van der Waals surface area contributed by atoms with Gasteiger partial charge in [0.1, 0.15) is 0 Å². The molecule has 3 heterocycles. The molecule has 2 saturated heterocycles. The first kappa shape index (κ1) is 15.0. The molecule has 3 aliphatic heterocycles. The number of benzene rings is 1. The minimum atomic E-state index is -0.505. The van der Waals surface area contributed by atoms with Gasteiger partial charge in [-0.2, -0.15) is 0 Å². The molecule has 1 aromatic rings. The van der Waals surface area contributed by atoms with Gasteiger partial charge in [-0.15, -0.1) is 0 Å². The lowest BCUT2D eigenvalue weighted by Crippen LogP contribution is -2.56. The average Bonchev–Trinajstić information content (AvgIpc) is 3.21. The van der Waals surface area contributed by atoms with Crippen molar-refractivity contribution in [1.29, 1.82) is 0 Å². The molecule has 3 fully saturated rings. The molecule has 0 unspecified atom stereocenters. The van der Waals surface area contributed by atoms with Crippen LogP contribution in [-0.2, 0) is 14.9 Å². The highest BCUT2D eigenvalue weighted by molar-refractivity contribution is 5.48. The Morgan fingerprint density at radius 1 is 1.08 bits per heavy atom. The molecule has 0 radical (unpaired) electrons. The zero-order valence-electron chi connectivity index (χ0n) is 14.6. The van der Waals surface area contributed by atoms with E-state index in [-0.39, 0.29) is 17.6 Å². The van der Waals surface area contributed by atoms with Crippen LogP contribution in [0.5, 0.6) is 11.5 Å². The summed E-state index contributed by atoms with van der Waals surface area (Å²) in [5, 5.41) is 0. The molecule has 24 heavy (non-hydrogen) atoms. The Hall–Kier alpha value is -1.30. The van der Waals surface area contributed by atoms with Crippen molar-refractivity contribution in [2.75, 3.05) is 20.4 Å². The number of fused-ring (bicyclic) bond motifs is 4. The van der Waals surface area contributed by atoms with Crippen molar-refractivity contribution in [1.82, 2.24) is 4.90 Å². The fourth-order valence-electron chi connectivity index (χ4n) is 5.38. The molecule has 1 saturated carbocycles. The van der Waals surface area contributed by atoms with Crippen LogP contribution in [0.3, 0.4) is 0 Å². The summed E-state index contributed by atoms with van der Waals surface area (Å²) in [6.07, 6.45) is 3.57. The van der Waals surface area contributed by atoms with Crippen molar-refractivity contribution >= 4 is 0 Å². The number of ether oxygens (including phenoxy) is 4. The van der Waals surface area contributed by atoms with Crippen LogP contribution in [-0.4, -0.2) is 49.3 Å². The second-order valence-corrected chi connectivity index (χ2v) is 8.03. The normalized spacial score (nSPS) is 39.7. The lowest BCUT2D eigenvalue weighted by atomic mass is 9.63. The van der Waals surface area contributed by atoms with E-state index in [1.165, 1.54) is 5.56 Å². The molecule has 5 heteroatoms. The molecule has 0 aromatic heterocycles. The number of rotatable bonds is 1. The first-order chi connectivity index (χ1) is 11.5. The molecule has 1 aromatic carbocycles. The van der Waals surface area contributed by atoms with Crippen molar-refractivity contribution in [3.05, 3.63) is 23.8 Å². The SMILES string of the molecule is CN1CC[C@@]2(c3ccc4c(c3)OCO4)[C@@H]3OC(C)(C)O[C@@H]3CC[C@@H]12. The third-order valence-corrected chi connectivity index (χ3v) is 6.33. The summed E-state index contributed by atoms with van der Waals surface area (Å²) in [5.41, 5.74) is 1.27. The van der Waals surface area contributed by atoms with Crippen LogP contribution < -0.4 is 9.47 Å². The van der Waals surface area contributed by atoms with Crippen LogP contribution in [0.25, 0.3) is 0 Å². The summed E-state index contributed by atoms with van der Waals surface area (Å²) >= 11 is 0. The second-order valence-electron chi connectivity index (χ2n) is 8.03. The highest BCUT2D eigenvalue weighted by Crippen LogP contribution is 2.55. The lowest BCUT2D eigenvalue weighted by molar-refractivity contribution is -0.151. The molecule has 4 atom stereocenters. The van der Waals surface area contributed by atoms with E-state index in [0.29, 0.717) is 12.8 Å². The predicted molar refractivity (Wildman–Crippen MR) is 88.3 cm³/mol. The predicted octanol–water partition coefficient (Wildman–Crippen LogP) is 2.67. The first-order valence-corrected chi connectivity index (χ1v) is 8.96. The fraction of sp³-hybridized carbons (Fsp3) is 0.684. The third-order valence-electron chi connectivity index (χ3n) is 6.33. The van der Waals surface area contributed by atoms with Gasteiger partial charge in [-0.3, -0.25) is 0 Å². The first-order valence-electron chi connectivity index (χ1n) is 8.96. The van der Waals surface area contributed by atoms with E-state index in [2.05, 4.69) is 24.1 Å². The van der Waals surface area contributed by atoms with Gasteiger partial charge >= 0.3 is 0 Å². The molecule has 0 bridgehead atoms. The summed E-state index contributed by atoms with van der Waals surface area (Å²) in [6, 6.07) is 6.91. The zero-order valence-corrected chi connectivity index (χ0v) is 14.6. The van der Waals surface area contributed by atoms with Gasteiger partial charge < -0.3 is 23.8 Å². The Morgan fingerprint density at radius 3 is 2.79 bits per heavy atom. The number of hydrogen-bond acceptors (Lipinski definition) is 5. The van der Waals surface area contributed by atoms with Gasteiger partial charge in [-0.05, 0) is 64.4 Å². The van der Waals surface area contributed by atoms with Crippen LogP contribution in [0.4, 0.5) is 0 Å². The molecule has 4 aliphatic rings. The summed E-state index contributed by atoms with van der Waals surface area (Å²) in [4.78, 5) is 2.50. The van der Waals surface area contributed by atoms with Crippen molar-refractivity contribution in [3.63, 3.8) is 0 Å². The topological polar surface area (TPSA) is 40.2 Å². The van der Waals surface area contributed by atoms with Gasteiger partial charge in [0.25, 0.3) is 0 Å². The van der Waals surface area contributed by atoms with Gasteiger partial charge in [0, 0.05) is 11.5 Å². The van der Waals surface area contributed by atoms with Crippen LogP contribution in [0.15, 0.2) is 18.2 Å². The van der Waals surface area contributed by atoms with Gasteiger partial charge in [-0.25, -0.2) is 0 Å². The van der Waals surface area contributed by atoms with Crippen molar-refractivity contribution < 1.29 is 18.9 Å². The van der Waals surface area contributed by atoms with E-state index in [9.17, 15) is 0 Å². The fourth-order valence-corrected chi connectivity index (χ4v) is 5.38. The quantitative estimate of drug-likeness (QED) is 0.791. The second kappa shape index (κ2) is 4.87. The minimum absolute atomic E-state index is 0.0353. The van der Waals surface area contributed by atoms with Crippen molar-refractivity contribution in [3.8, 4) is 11.5 Å². The Labute approximate surface area is 142 Å². The number of hydrogen-bond donors (Lipinski definition) is 0. The van der Waals surface area contributed by atoms with Crippen LogP contribution in [0, 0.1) is 0 Å². The standard InChI is InChI=1S/C19H25NO4/c1-18(2)23-14-6-7-16-19(17(14)24-18,8-9-20(16)3)12-4-5-13-15(10-12)22-11-21-13/h4-5,10,14,16-17H,6-9,11H2,1-3H3/t14-,16-,17-,19+/m1/s1. The molecular weight excluding hydrogens is 306 g/mol. The molecule has 0 spiro atoms. The molecule has 0 amide bonds. The highest BCUT2D eigenvalue weighted by atomic mass is 16.8. The van der Waals surface area contributed by atoms with Gasteiger partial charge in [0.2, 0.25) is 6.79 Å². The maximum Gasteiger partial charge on any atom is 0.231 e. The summed E-state index contributed by atoms with van der Waals surface area (Å²) in [5.74, 6) is 1.19. The van der Waals surface area contributed by atoms with E-state index >= 15 is 0 Å². The molecular formula is C19H25NO4. The summed E-state index contributed by atoms with van der Waals surface area (Å²) in [6.45, 7) is 5.47. The average molecular weight is 331 g/mol. The largest absolute Gasteiger partial charge is 0.454 e. The number of likely N-dealkylation sites (tertiary alicyclic amines) is 1. The van der Waals surface area contributed by atoms with Crippen molar-refractivity contribution in [2.24, 2.45) is 0 Å². The van der Waals surface area contributed by atoms with Crippen molar-refractivity contribution in [2.45, 2.75) is 62.6 Å². The molecule has 5 rings (SSSR count).